The molecule has 2 fully saturated rings. The Kier molecular flexibility index (Phi) is 6.13. The predicted octanol–water partition coefficient (Wildman–Crippen LogP) is 0.561. The molecule has 3 heterocycles. The minimum absolute atomic E-state index is 0.00167. The zero-order chi connectivity index (χ0) is 18.4. The Morgan fingerprint density at radius 2 is 2.00 bits per heavy atom. The number of aliphatic carboxylic acids is 1. The van der Waals surface area contributed by atoms with E-state index in [4.69, 9.17) is 14.6 Å². The number of hydrogen-bond donors (Lipinski definition) is 2. The average molecular weight is 352 g/mol. The lowest BCUT2D eigenvalue weighted by atomic mass is 9.68. The van der Waals surface area contributed by atoms with Crippen molar-refractivity contribution in [2.45, 2.75) is 25.3 Å². The lowest BCUT2D eigenvalue weighted by Gasteiger charge is -2.51. The fourth-order valence-electron chi connectivity index (χ4n) is 3.74. The second-order valence-corrected chi connectivity index (χ2v) is 6.29. The molecular formula is C16H24N4O5. The second kappa shape index (κ2) is 8.11. The highest BCUT2D eigenvalue weighted by Crippen LogP contribution is 2.42. The highest BCUT2D eigenvalue weighted by atomic mass is 16.5. The van der Waals surface area contributed by atoms with E-state index in [2.05, 4.69) is 19.8 Å². The van der Waals surface area contributed by atoms with Crippen LogP contribution in [0.5, 0.6) is 5.75 Å². The Morgan fingerprint density at radius 1 is 1.36 bits per heavy atom. The van der Waals surface area contributed by atoms with Gasteiger partial charge in [-0.2, -0.15) is 0 Å². The molecule has 9 heteroatoms. The minimum atomic E-state index is -0.667. The summed E-state index contributed by atoms with van der Waals surface area (Å²) in [5.41, 5.74) is -0.629. The number of likely N-dealkylation sites (N-methyl/N-ethyl adjacent to an activating group) is 1. The monoisotopic (exact) mass is 352 g/mol. The number of rotatable bonds is 3. The maximum atomic E-state index is 11.9. The van der Waals surface area contributed by atoms with Gasteiger partial charge in [0.15, 0.2) is 5.75 Å². The molecule has 2 atom stereocenters. The smallest absolute Gasteiger partial charge is 0.311 e. The van der Waals surface area contributed by atoms with E-state index in [1.165, 1.54) is 0 Å². The number of anilines is 1. The molecular weight excluding hydrogens is 328 g/mol. The van der Waals surface area contributed by atoms with Crippen LogP contribution in [0.3, 0.4) is 0 Å². The van der Waals surface area contributed by atoms with Crippen LogP contribution in [0.15, 0.2) is 12.4 Å². The van der Waals surface area contributed by atoms with E-state index in [0.717, 1.165) is 19.4 Å². The van der Waals surface area contributed by atoms with Crippen molar-refractivity contribution in [2.75, 3.05) is 38.7 Å². The first-order valence-corrected chi connectivity index (χ1v) is 8.11. The van der Waals surface area contributed by atoms with Gasteiger partial charge in [0.2, 0.25) is 5.95 Å². The number of ether oxygens (including phenoxy) is 1. The number of piperidine rings is 2. The quantitative estimate of drug-likeness (QED) is 0.753. The highest BCUT2D eigenvalue weighted by molar-refractivity contribution is 5.76. The molecule has 2 aliphatic rings. The van der Waals surface area contributed by atoms with Gasteiger partial charge in [-0.1, -0.05) is 0 Å². The summed E-state index contributed by atoms with van der Waals surface area (Å²) < 4.78 is 5.08. The van der Waals surface area contributed by atoms with Gasteiger partial charge in [0.1, 0.15) is 0 Å². The minimum Gasteiger partial charge on any atom is -0.494 e. The Morgan fingerprint density at radius 3 is 2.56 bits per heavy atom. The number of likely N-dealkylation sites (tertiary alicyclic amines) is 1. The molecule has 0 aliphatic carbocycles. The van der Waals surface area contributed by atoms with Gasteiger partial charge in [-0.25, -0.2) is 9.97 Å². The van der Waals surface area contributed by atoms with E-state index >= 15 is 0 Å². The molecule has 2 saturated heterocycles. The topological polar surface area (TPSA) is 116 Å². The SMILES string of the molecule is COc1cnc(N2CC[C@@]3(C(=O)O)CCCN(C)[C@@H]3C2)nc1.O=CO. The van der Waals surface area contributed by atoms with Crippen molar-refractivity contribution < 1.29 is 24.5 Å². The van der Waals surface area contributed by atoms with Gasteiger partial charge in [0.05, 0.1) is 24.9 Å². The van der Waals surface area contributed by atoms with E-state index in [1.54, 1.807) is 19.5 Å². The molecule has 9 nitrogen and oxygen atoms in total. The van der Waals surface area contributed by atoms with Crippen molar-refractivity contribution in [3.63, 3.8) is 0 Å². The largest absolute Gasteiger partial charge is 0.494 e. The number of carboxylic acid groups (broad SMARTS) is 2. The van der Waals surface area contributed by atoms with Crippen LogP contribution < -0.4 is 9.64 Å². The molecule has 0 radical (unpaired) electrons. The molecule has 0 saturated carbocycles. The molecule has 0 unspecified atom stereocenters. The summed E-state index contributed by atoms with van der Waals surface area (Å²) in [6, 6.07) is -0.00167. The third-order valence-electron chi connectivity index (χ3n) is 5.08. The Hall–Kier alpha value is -2.42. The van der Waals surface area contributed by atoms with E-state index in [1.807, 2.05) is 7.05 Å². The zero-order valence-corrected chi connectivity index (χ0v) is 14.5. The Balaban J connectivity index is 0.000000701. The molecule has 2 aliphatic heterocycles. The van der Waals surface area contributed by atoms with Gasteiger partial charge in [0.25, 0.3) is 6.47 Å². The average Bonchev–Trinajstić information content (AvgIpc) is 2.62. The molecule has 0 amide bonds. The van der Waals surface area contributed by atoms with Crippen molar-refractivity contribution >= 4 is 18.4 Å². The second-order valence-electron chi connectivity index (χ2n) is 6.29. The Labute approximate surface area is 146 Å². The van der Waals surface area contributed by atoms with Crippen LogP contribution in [0.2, 0.25) is 0 Å². The summed E-state index contributed by atoms with van der Waals surface area (Å²) in [6.45, 7) is 2.01. The third-order valence-corrected chi connectivity index (χ3v) is 5.08. The molecule has 0 spiro atoms. The first-order chi connectivity index (χ1) is 12.0. The van der Waals surface area contributed by atoms with Crippen molar-refractivity contribution in [1.82, 2.24) is 14.9 Å². The van der Waals surface area contributed by atoms with E-state index in [0.29, 0.717) is 31.2 Å². The van der Waals surface area contributed by atoms with Crippen LogP contribution in [0.25, 0.3) is 0 Å². The van der Waals surface area contributed by atoms with Gasteiger partial charge in [-0.05, 0) is 32.9 Å². The van der Waals surface area contributed by atoms with Crippen LogP contribution in [0.4, 0.5) is 5.95 Å². The lowest BCUT2D eigenvalue weighted by molar-refractivity contribution is -0.158. The fourth-order valence-corrected chi connectivity index (χ4v) is 3.74. The number of methoxy groups -OCH3 is 1. The first-order valence-electron chi connectivity index (χ1n) is 8.11. The van der Waals surface area contributed by atoms with Crippen LogP contribution >= 0.6 is 0 Å². The zero-order valence-electron chi connectivity index (χ0n) is 14.5. The van der Waals surface area contributed by atoms with E-state index in [-0.39, 0.29) is 12.5 Å². The van der Waals surface area contributed by atoms with Crippen LogP contribution in [0, 0.1) is 5.41 Å². The lowest BCUT2D eigenvalue weighted by Crippen LogP contribution is -2.63. The molecule has 1 aromatic rings. The number of fused-ring (bicyclic) bond motifs is 1. The standard InChI is InChI=1S/C15H22N4O3.CH2O2/c1-18-6-3-4-15(13(20)21)5-7-19(10-12(15)18)14-16-8-11(22-2)9-17-14;2-1-3/h8-9,12H,3-7,10H2,1-2H3,(H,20,21);1H,(H,2,3)/t12-,15+;/m1./s1. The number of aromatic nitrogens is 2. The van der Waals surface area contributed by atoms with Gasteiger partial charge in [0, 0.05) is 19.1 Å². The molecule has 0 bridgehead atoms. The van der Waals surface area contributed by atoms with Crippen molar-refractivity contribution in [2.24, 2.45) is 5.41 Å². The number of hydrogen-bond acceptors (Lipinski definition) is 7. The van der Waals surface area contributed by atoms with Crippen LogP contribution in [-0.4, -0.2) is 77.4 Å². The summed E-state index contributed by atoms with van der Waals surface area (Å²) in [5.74, 6) is 0.591. The molecule has 1 aromatic heterocycles. The molecule has 0 aromatic carbocycles. The van der Waals surface area contributed by atoms with Gasteiger partial charge in [-0.15, -0.1) is 0 Å². The van der Waals surface area contributed by atoms with Crippen molar-refractivity contribution in [1.29, 1.82) is 0 Å². The van der Waals surface area contributed by atoms with Gasteiger partial charge >= 0.3 is 5.97 Å². The van der Waals surface area contributed by atoms with Crippen molar-refractivity contribution in [3.05, 3.63) is 12.4 Å². The van der Waals surface area contributed by atoms with Gasteiger partial charge in [-0.3, -0.25) is 9.59 Å². The summed E-state index contributed by atoms with van der Waals surface area (Å²) in [4.78, 5) is 33.2. The normalized spacial score (nSPS) is 26.0. The maximum Gasteiger partial charge on any atom is 0.311 e. The summed E-state index contributed by atoms with van der Waals surface area (Å²) in [5, 5.41) is 16.7. The fraction of sp³-hybridized carbons (Fsp3) is 0.625. The summed E-state index contributed by atoms with van der Waals surface area (Å²) in [6.07, 6.45) is 5.62. The van der Waals surface area contributed by atoms with Crippen LogP contribution in [-0.2, 0) is 9.59 Å². The molecule has 25 heavy (non-hydrogen) atoms. The summed E-state index contributed by atoms with van der Waals surface area (Å²) in [7, 11) is 3.59. The third kappa shape index (κ3) is 3.81. The molecule has 2 N–H and O–H groups in total. The molecule has 3 rings (SSSR count). The number of carbonyl (C=O) groups is 2. The number of carboxylic acids is 1. The Bertz CT molecular complexity index is 597. The van der Waals surface area contributed by atoms with Crippen LogP contribution in [0.1, 0.15) is 19.3 Å². The number of nitrogens with zero attached hydrogens (tertiary/aromatic N) is 4. The first kappa shape index (κ1) is 18.9. The highest BCUT2D eigenvalue weighted by Gasteiger charge is 2.52. The van der Waals surface area contributed by atoms with Crippen molar-refractivity contribution in [3.8, 4) is 5.75 Å². The predicted molar refractivity (Wildman–Crippen MR) is 89.8 cm³/mol. The maximum absolute atomic E-state index is 11.9. The van der Waals surface area contributed by atoms with E-state index in [9.17, 15) is 9.90 Å². The van der Waals surface area contributed by atoms with E-state index < -0.39 is 11.4 Å². The van der Waals surface area contributed by atoms with Gasteiger partial charge < -0.3 is 24.7 Å². The molecule has 138 valence electrons. The summed E-state index contributed by atoms with van der Waals surface area (Å²) >= 11 is 0.